The molecule has 0 aliphatic carbocycles. The first-order valence-corrected chi connectivity index (χ1v) is 11.8. The lowest BCUT2D eigenvalue weighted by atomic mass is 9.93. The monoisotopic (exact) mass is 489 g/mol. The number of nitrogens with zero attached hydrogens (tertiary/aromatic N) is 2. The molecule has 1 heterocycles. The van der Waals surface area contributed by atoms with Crippen molar-refractivity contribution >= 4 is 11.6 Å². The highest BCUT2D eigenvalue weighted by atomic mass is 19.3. The van der Waals surface area contributed by atoms with Gasteiger partial charge in [0.25, 0.3) is 11.8 Å². The van der Waals surface area contributed by atoms with Gasteiger partial charge in [-0.25, -0.2) is 13.8 Å². The Bertz CT molecular complexity index is 1440. The molecule has 0 aliphatic heterocycles. The molecule has 4 aromatic rings. The van der Waals surface area contributed by atoms with Gasteiger partial charge in [0.1, 0.15) is 0 Å². The third kappa shape index (κ3) is 4.73. The van der Waals surface area contributed by atoms with Crippen LogP contribution in [-0.2, 0) is 5.92 Å². The van der Waals surface area contributed by atoms with Crippen molar-refractivity contribution in [3.8, 4) is 22.5 Å². The number of halogens is 2. The van der Waals surface area contributed by atoms with Crippen molar-refractivity contribution in [3.05, 3.63) is 94.3 Å². The molecular formula is C29H29F2N3O2. The van der Waals surface area contributed by atoms with Crippen LogP contribution in [0.2, 0.25) is 0 Å². The number of hydrogen-bond acceptors (Lipinski definition) is 3. The Morgan fingerprint density at radius 1 is 0.972 bits per heavy atom. The lowest BCUT2D eigenvalue weighted by molar-refractivity contribution is -0.00824. The van der Waals surface area contributed by atoms with Crippen LogP contribution in [0.3, 0.4) is 0 Å². The third-order valence-electron chi connectivity index (χ3n) is 6.34. The van der Waals surface area contributed by atoms with Gasteiger partial charge in [0.05, 0.1) is 5.69 Å². The van der Waals surface area contributed by atoms with E-state index in [1.54, 1.807) is 6.92 Å². The van der Waals surface area contributed by atoms with Crippen LogP contribution in [0, 0.1) is 27.7 Å². The summed E-state index contributed by atoms with van der Waals surface area (Å²) in [5.41, 5.74) is 6.27. The van der Waals surface area contributed by atoms with Gasteiger partial charge in [-0.1, -0.05) is 43.3 Å². The molecule has 0 radical (unpaired) electrons. The Kier molecular flexibility index (Phi) is 6.67. The van der Waals surface area contributed by atoms with Crippen molar-refractivity contribution in [2.45, 2.75) is 47.0 Å². The van der Waals surface area contributed by atoms with Crippen LogP contribution in [0.4, 0.5) is 14.5 Å². The van der Waals surface area contributed by atoms with E-state index in [0.717, 1.165) is 32.5 Å². The number of imidazole rings is 1. The van der Waals surface area contributed by atoms with Gasteiger partial charge in [0, 0.05) is 23.2 Å². The number of aryl methyl sites for hydroxylation is 4. The average Bonchev–Trinajstić information content (AvgIpc) is 3.12. The summed E-state index contributed by atoms with van der Waals surface area (Å²) in [7, 11) is 0. The maximum absolute atomic E-state index is 14.1. The molecule has 186 valence electrons. The van der Waals surface area contributed by atoms with E-state index < -0.39 is 11.8 Å². The van der Waals surface area contributed by atoms with E-state index in [1.807, 2.05) is 25.1 Å². The average molecular weight is 490 g/mol. The number of nitrogens with one attached hydrogen (secondary N) is 1. The van der Waals surface area contributed by atoms with Crippen LogP contribution in [-0.4, -0.2) is 20.8 Å². The highest BCUT2D eigenvalue weighted by molar-refractivity contribution is 6.04. The number of aromatic nitrogens is 2. The molecule has 1 aromatic heterocycles. The van der Waals surface area contributed by atoms with E-state index in [-0.39, 0.29) is 29.2 Å². The number of anilines is 1. The van der Waals surface area contributed by atoms with Gasteiger partial charge >= 0.3 is 0 Å². The molecule has 0 unspecified atom stereocenters. The standard InChI is InChI=1S/C29H29F2N3O2/c1-6-29(30,31)23-11-8-12-24(16-23)33-28(35)26-20(5)32-27(34(26)36)22-14-17(2)13-21(15-22)25-18(3)9-7-10-19(25)4/h7-16,36H,6H2,1-5H3,(H,33,35). The minimum absolute atomic E-state index is 0.0622. The van der Waals surface area contributed by atoms with E-state index in [0.29, 0.717) is 11.3 Å². The van der Waals surface area contributed by atoms with E-state index in [9.17, 15) is 18.8 Å². The number of carbonyl (C=O) groups is 1. The van der Waals surface area contributed by atoms with Gasteiger partial charge in [-0.2, -0.15) is 4.73 Å². The smallest absolute Gasteiger partial charge is 0.277 e. The quantitative estimate of drug-likeness (QED) is 0.277. The summed E-state index contributed by atoms with van der Waals surface area (Å²) in [4.78, 5) is 17.5. The molecule has 0 aliphatic rings. The first-order valence-electron chi connectivity index (χ1n) is 11.8. The zero-order valence-electron chi connectivity index (χ0n) is 21.0. The molecule has 36 heavy (non-hydrogen) atoms. The normalized spacial score (nSPS) is 11.5. The van der Waals surface area contributed by atoms with E-state index in [1.165, 1.54) is 31.2 Å². The van der Waals surface area contributed by atoms with Gasteiger partial charge in [-0.05, 0) is 79.8 Å². The predicted octanol–water partition coefficient (Wildman–Crippen LogP) is 7.44. The molecule has 2 N–H and O–H groups in total. The van der Waals surface area contributed by atoms with Crippen LogP contribution < -0.4 is 5.32 Å². The number of amides is 1. The summed E-state index contributed by atoms with van der Waals surface area (Å²) in [6.45, 7) is 9.09. The molecule has 1 amide bonds. The van der Waals surface area contributed by atoms with Crippen molar-refractivity contribution < 1.29 is 18.8 Å². The van der Waals surface area contributed by atoms with E-state index >= 15 is 0 Å². The Morgan fingerprint density at radius 3 is 2.28 bits per heavy atom. The molecule has 0 atom stereocenters. The second kappa shape index (κ2) is 9.57. The first-order chi connectivity index (χ1) is 17.0. The number of rotatable bonds is 6. The van der Waals surface area contributed by atoms with Gasteiger partial charge in [-0.3, -0.25) is 4.79 Å². The number of hydrogen-bond donors (Lipinski definition) is 2. The topological polar surface area (TPSA) is 67.2 Å². The molecule has 4 rings (SSSR count). The lowest BCUT2D eigenvalue weighted by Gasteiger charge is -2.15. The zero-order valence-corrected chi connectivity index (χ0v) is 21.0. The van der Waals surface area contributed by atoms with Crippen molar-refractivity contribution in [2.24, 2.45) is 0 Å². The van der Waals surface area contributed by atoms with Gasteiger partial charge in [0.2, 0.25) is 0 Å². The lowest BCUT2D eigenvalue weighted by Crippen LogP contribution is -2.18. The van der Waals surface area contributed by atoms with Gasteiger partial charge < -0.3 is 10.5 Å². The van der Waals surface area contributed by atoms with Crippen molar-refractivity contribution in [1.82, 2.24) is 9.71 Å². The van der Waals surface area contributed by atoms with Crippen molar-refractivity contribution in [3.63, 3.8) is 0 Å². The van der Waals surface area contributed by atoms with Crippen LogP contribution in [0.5, 0.6) is 0 Å². The Morgan fingerprint density at radius 2 is 1.61 bits per heavy atom. The summed E-state index contributed by atoms with van der Waals surface area (Å²) in [5.74, 6) is -3.42. The van der Waals surface area contributed by atoms with E-state index in [2.05, 4.69) is 42.3 Å². The van der Waals surface area contributed by atoms with Crippen LogP contribution in [0.15, 0.2) is 60.7 Å². The molecule has 3 aromatic carbocycles. The maximum atomic E-state index is 14.1. The van der Waals surface area contributed by atoms with Crippen molar-refractivity contribution in [2.75, 3.05) is 5.32 Å². The molecule has 0 saturated carbocycles. The van der Waals surface area contributed by atoms with Crippen molar-refractivity contribution in [1.29, 1.82) is 0 Å². The molecule has 0 bridgehead atoms. The maximum Gasteiger partial charge on any atom is 0.277 e. The Balaban J connectivity index is 1.71. The highest BCUT2D eigenvalue weighted by Gasteiger charge is 2.29. The largest absolute Gasteiger partial charge is 0.426 e. The number of carbonyl (C=O) groups excluding carboxylic acids is 1. The Hall–Kier alpha value is -4.00. The fourth-order valence-electron chi connectivity index (χ4n) is 4.51. The minimum Gasteiger partial charge on any atom is -0.426 e. The molecule has 0 spiro atoms. The predicted molar refractivity (Wildman–Crippen MR) is 138 cm³/mol. The summed E-state index contributed by atoms with van der Waals surface area (Å²) in [6.07, 6.45) is -0.350. The summed E-state index contributed by atoms with van der Waals surface area (Å²) < 4.78 is 29.0. The second-order valence-corrected chi connectivity index (χ2v) is 9.13. The molecular weight excluding hydrogens is 460 g/mol. The van der Waals surface area contributed by atoms with Gasteiger partial charge in [-0.15, -0.1) is 0 Å². The van der Waals surface area contributed by atoms with E-state index in [4.69, 9.17) is 0 Å². The second-order valence-electron chi connectivity index (χ2n) is 9.13. The number of benzene rings is 3. The summed E-state index contributed by atoms with van der Waals surface area (Å²) in [6, 6.07) is 17.6. The van der Waals surface area contributed by atoms with Crippen LogP contribution >= 0.6 is 0 Å². The third-order valence-corrected chi connectivity index (χ3v) is 6.34. The fourth-order valence-corrected chi connectivity index (χ4v) is 4.51. The highest BCUT2D eigenvalue weighted by Crippen LogP contribution is 2.34. The molecule has 7 heteroatoms. The summed E-state index contributed by atoms with van der Waals surface area (Å²) in [5, 5.41) is 13.6. The summed E-state index contributed by atoms with van der Waals surface area (Å²) >= 11 is 0. The number of alkyl halides is 2. The van der Waals surface area contributed by atoms with Crippen LogP contribution in [0.1, 0.15) is 51.8 Å². The minimum atomic E-state index is -3.00. The Labute approximate surface area is 209 Å². The fraction of sp³-hybridized carbons (Fsp3) is 0.241. The first kappa shape index (κ1) is 25.1. The van der Waals surface area contributed by atoms with Crippen LogP contribution in [0.25, 0.3) is 22.5 Å². The van der Waals surface area contributed by atoms with Gasteiger partial charge in [0.15, 0.2) is 11.5 Å². The molecule has 5 nitrogen and oxygen atoms in total. The zero-order chi connectivity index (χ0) is 26.2. The molecule has 0 fully saturated rings. The molecule has 0 saturated heterocycles. The SMILES string of the molecule is CCC(F)(F)c1cccc(NC(=O)c2c(C)nc(-c3cc(C)cc(-c4c(C)cccc4C)c3)n2O)c1.